The molecule has 0 aliphatic rings. The van der Waals surface area contributed by atoms with E-state index in [1.807, 2.05) is 0 Å². The minimum Gasteiger partial charge on any atom is -0.454 e. The van der Waals surface area contributed by atoms with E-state index in [1.165, 1.54) is 18.4 Å². The zero-order valence-corrected chi connectivity index (χ0v) is 17.2. The maximum Gasteiger partial charge on any atom is 0.329 e. The molecule has 0 spiro atoms. The fraction of sp³-hybridized carbons (Fsp3) is 0.300. The molecular weight excluding hydrogens is 394 g/mol. The highest BCUT2D eigenvalue weighted by Gasteiger charge is 2.27. The number of benzene rings is 1. The summed E-state index contributed by atoms with van der Waals surface area (Å²) in [5, 5.41) is 9.49. The van der Waals surface area contributed by atoms with Gasteiger partial charge in [0.1, 0.15) is 6.04 Å². The van der Waals surface area contributed by atoms with Crippen molar-refractivity contribution >= 4 is 40.7 Å². The Hall–Kier alpha value is -3.20. The van der Waals surface area contributed by atoms with Crippen molar-refractivity contribution in [3.05, 3.63) is 52.2 Å². The van der Waals surface area contributed by atoms with Crippen LogP contribution in [0.25, 0.3) is 0 Å². The number of hydrogen-bond donors (Lipinski definition) is 3. The van der Waals surface area contributed by atoms with Gasteiger partial charge in [0.2, 0.25) is 0 Å². The zero-order chi connectivity index (χ0) is 21.4. The van der Waals surface area contributed by atoms with Gasteiger partial charge in [-0.15, -0.1) is 11.3 Å². The third-order valence-corrected chi connectivity index (χ3v) is 4.82. The molecule has 3 amide bonds. The van der Waals surface area contributed by atoms with Crippen molar-refractivity contribution in [2.45, 2.75) is 19.9 Å². The molecule has 0 saturated heterocycles. The summed E-state index contributed by atoms with van der Waals surface area (Å²) in [4.78, 5) is 48.6. The lowest BCUT2D eigenvalue weighted by Crippen LogP contribution is -2.45. The average Bonchev–Trinajstić information content (AvgIpc) is 3.24. The number of thiophene rings is 1. The highest BCUT2D eigenvalue weighted by atomic mass is 32.1. The smallest absolute Gasteiger partial charge is 0.329 e. The largest absolute Gasteiger partial charge is 0.454 e. The molecule has 1 aromatic heterocycles. The molecule has 0 fully saturated rings. The van der Waals surface area contributed by atoms with E-state index in [0.717, 1.165) is 0 Å². The van der Waals surface area contributed by atoms with Crippen molar-refractivity contribution < 1.29 is 23.9 Å². The zero-order valence-electron chi connectivity index (χ0n) is 16.4. The molecule has 0 aliphatic carbocycles. The molecule has 9 heteroatoms. The van der Waals surface area contributed by atoms with Crippen LogP contribution < -0.4 is 16.0 Å². The number of carbonyl (C=O) groups is 4. The fourth-order valence-electron chi connectivity index (χ4n) is 2.39. The molecule has 0 bridgehead atoms. The lowest BCUT2D eigenvalue weighted by Gasteiger charge is -2.20. The summed E-state index contributed by atoms with van der Waals surface area (Å²) in [5.74, 6) is -2.03. The summed E-state index contributed by atoms with van der Waals surface area (Å²) in [5.41, 5.74) is 0.920. The van der Waals surface area contributed by atoms with Gasteiger partial charge in [0.15, 0.2) is 6.61 Å². The van der Waals surface area contributed by atoms with Gasteiger partial charge in [0.05, 0.1) is 4.88 Å². The van der Waals surface area contributed by atoms with Crippen molar-refractivity contribution in [3.63, 3.8) is 0 Å². The van der Waals surface area contributed by atoms with Crippen LogP contribution in [0.4, 0.5) is 5.69 Å². The molecule has 0 aliphatic heterocycles. The van der Waals surface area contributed by atoms with Crippen LogP contribution >= 0.6 is 11.3 Å². The van der Waals surface area contributed by atoms with Gasteiger partial charge in [-0.2, -0.15) is 0 Å². The lowest BCUT2D eigenvalue weighted by molar-refractivity contribution is -0.150. The third kappa shape index (κ3) is 6.42. The summed E-state index contributed by atoms with van der Waals surface area (Å²) in [6.45, 7) is 3.05. The van der Waals surface area contributed by atoms with Crippen molar-refractivity contribution in [3.8, 4) is 0 Å². The molecular formula is C20H23N3O5S. The molecule has 0 saturated carbocycles. The van der Waals surface area contributed by atoms with Crippen LogP contribution in [0.5, 0.6) is 0 Å². The quantitative estimate of drug-likeness (QED) is 0.569. The van der Waals surface area contributed by atoms with E-state index in [9.17, 15) is 19.2 Å². The van der Waals surface area contributed by atoms with Crippen LogP contribution in [0.15, 0.2) is 41.8 Å². The van der Waals surface area contributed by atoms with E-state index in [4.69, 9.17) is 4.74 Å². The highest BCUT2D eigenvalue weighted by molar-refractivity contribution is 7.12. The molecule has 1 heterocycles. The molecule has 8 nitrogen and oxygen atoms in total. The highest BCUT2D eigenvalue weighted by Crippen LogP contribution is 2.12. The van der Waals surface area contributed by atoms with Gasteiger partial charge in [-0.05, 0) is 41.6 Å². The second-order valence-corrected chi connectivity index (χ2v) is 7.43. The first-order valence-corrected chi connectivity index (χ1v) is 9.82. The van der Waals surface area contributed by atoms with Crippen LogP contribution in [0.3, 0.4) is 0 Å². The van der Waals surface area contributed by atoms with Gasteiger partial charge in [0, 0.05) is 18.3 Å². The molecule has 0 radical (unpaired) electrons. The number of hydrogen-bond acceptors (Lipinski definition) is 6. The Morgan fingerprint density at radius 1 is 1.03 bits per heavy atom. The van der Waals surface area contributed by atoms with Gasteiger partial charge >= 0.3 is 5.97 Å². The minimum atomic E-state index is -0.871. The normalized spacial score (nSPS) is 11.4. The summed E-state index contributed by atoms with van der Waals surface area (Å²) in [6.07, 6.45) is 0. The second kappa shape index (κ2) is 10.4. The van der Waals surface area contributed by atoms with Crippen molar-refractivity contribution in [2.75, 3.05) is 19.0 Å². The SMILES string of the molecule is CNC(=O)c1ccc(NC(=O)COC(=O)[C@H](NC(=O)c2cccs2)C(C)C)cc1. The Morgan fingerprint density at radius 3 is 2.28 bits per heavy atom. The maximum absolute atomic E-state index is 12.3. The van der Waals surface area contributed by atoms with Gasteiger partial charge in [-0.25, -0.2) is 4.79 Å². The predicted octanol–water partition coefficient (Wildman–Crippen LogP) is 2.04. The first-order valence-electron chi connectivity index (χ1n) is 8.94. The van der Waals surface area contributed by atoms with E-state index >= 15 is 0 Å². The maximum atomic E-state index is 12.3. The number of carbonyl (C=O) groups excluding carboxylic acids is 4. The monoisotopic (exact) mass is 417 g/mol. The molecule has 29 heavy (non-hydrogen) atoms. The third-order valence-electron chi connectivity index (χ3n) is 3.96. The van der Waals surface area contributed by atoms with Crippen LogP contribution in [0.1, 0.15) is 33.9 Å². The number of nitrogens with one attached hydrogen (secondary N) is 3. The van der Waals surface area contributed by atoms with Crippen LogP contribution in [-0.4, -0.2) is 43.4 Å². The number of amides is 3. The van der Waals surface area contributed by atoms with E-state index < -0.39 is 24.5 Å². The Kier molecular flexibility index (Phi) is 7.90. The molecule has 2 rings (SSSR count). The Bertz CT molecular complexity index is 863. The van der Waals surface area contributed by atoms with Crippen LogP contribution in [0, 0.1) is 5.92 Å². The number of esters is 1. The number of anilines is 1. The molecule has 0 unspecified atom stereocenters. The summed E-state index contributed by atoms with van der Waals surface area (Å²) in [6, 6.07) is 8.80. The molecule has 2 aromatic rings. The Labute approximate surface area is 172 Å². The van der Waals surface area contributed by atoms with Gasteiger partial charge in [-0.1, -0.05) is 19.9 Å². The van der Waals surface area contributed by atoms with Crippen molar-refractivity contribution in [1.29, 1.82) is 0 Å². The first-order chi connectivity index (χ1) is 13.8. The topological polar surface area (TPSA) is 114 Å². The average molecular weight is 417 g/mol. The standard InChI is InChI=1S/C20H23N3O5S/c1-12(2)17(23-19(26)15-5-4-10-29-15)20(27)28-11-16(24)22-14-8-6-13(7-9-14)18(25)21-3/h4-10,12,17H,11H2,1-3H3,(H,21,25)(H,22,24)(H,23,26)/t17-/m1/s1. The van der Waals surface area contributed by atoms with Crippen molar-refractivity contribution in [2.24, 2.45) is 5.92 Å². The number of rotatable bonds is 8. The van der Waals surface area contributed by atoms with Crippen molar-refractivity contribution in [1.82, 2.24) is 10.6 Å². The van der Waals surface area contributed by atoms with Gasteiger partial charge in [0.25, 0.3) is 17.7 Å². The predicted molar refractivity (Wildman–Crippen MR) is 110 cm³/mol. The van der Waals surface area contributed by atoms with Crippen LogP contribution in [-0.2, 0) is 14.3 Å². The fourth-order valence-corrected chi connectivity index (χ4v) is 3.02. The lowest BCUT2D eigenvalue weighted by atomic mass is 10.0. The molecule has 3 N–H and O–H groups in total. The number of ether oxygens (including phenoxy) is 1. The molecule has 154 valence electrons. The van der Waals surface area contributed by atoms with E-state index in [0.29, 0.717) is 16.1 Å². The van der Waals surface area contributed by atoms with Gasteiger partial charge in [-0.3, -0.25) is 14.4 Å². The minimum absolute atomic E-state index is 0.216. The summed E-state index contributed by atoms with van der Waals surface area (Å²) < 4.78 is 5.07. The molecule has 1 atom stereocenters. The summed E-state index contributed by atoms with van der Waals surface area (Å²) >= 11 is 1.27. The van der Waals surface area contributed by atoms with E-state index in [1.54, 1.807) is 55.6 Å². The van der Waals surface area contributed by atoms with E-state index in [2.05, 4.69) is 16.0 Å². The first kappa shape index (κ1) is 22.1. The Balaban J connectivity index is 1.87. The summed E-state index contributed by atoms with van der Waals surface area (Å²) in [7, 11) is 1.53. The second-order valence-electron chi connectivity index (χ2n) is 6.48. The van der Waals surface area contributed by atoms with Crippen LogP contribution in [0.2, 0.25) is 0 Å². The Morgan fingerprint density at radius 2 is 1.72 bits per heavy atom. The molecule has 1 aromatic carbocycles. The van der Waals surface area contributed by atoms with Gasteiger partial charge < -0.3 is 20.7 Å². The van der Waals surface area contributed by atoms with E-state index in [-0.39, 0.29) is 17.7 Å².